The summed E-state index contributed by atoms with van der Waals surface area (Å²) in [6.07, 6.45) is 4.78. The SMILES string of the molecule is CC1CC(NS(=O)(=O)c2cc[nH]c2)CCN1. The van der Waals surface area contributed by atoms with Crippen LogP contribution in [0.3, 0.4) is 0 Å². The summed E-state index contributed by atoms with van der Waals surface area (Å²) in [7, 11) is -3.35. The molecular formula is C10H17N3O2S. The summed E-state index contributed by atoms with van der Waals surface area (Å²) in [5.74, 6) is 0. The van der Waals surface area contributed by atoms with Crippen LogP contribution in [0.4, 0.5) is 0 Å². The highest BCUT2D eigenvalue weighted by Gasteiger charge is 2.24. The zero-order valence-electron chi connectivity index (χ0n) is 9.23. The molecule has 1 saturated heterocycles. The Bertz CT molecular complexity index is 427. The van der Waals surface area contributed by atoms with Gasteiger partial charge in [-0.05, 0) is 32.4 Å². The molecule has 90 valence electrons. The van der Waals surface area contributed by atoms with E-state index in [2.05, 4.69) is 21.9 Å². The van der Waals surface area contributed by atoms with E-state index in [0.717, 1.165) is 19.4 Å². The third-order valence-corrected chi connectivity index (χ3v) is 4.34. The molecule has 0 aromatic carbocycles. The molecule has 2 rings (SSSR count). The average Bonchev–Trinajstić information content (AvgIpc) is 2.69. The summed E-state index contributed by atoms with van der Waals surface area (Å²) in [5, 5.41) is 3.29. The lowest BCUT2D eigenvalue weighted by atomic mass is 10.0. The molecule has 6 heteroatoms. The van der Waals surface area contributed by atoms with E-state index >= 15 is 0 Å². The number of hydrogen-bond donors (Lipinski definition) is 3. The van der Waals surface area contributed by atoms with Gasteiger partial charge in [0.05, 0.1) is 4.90 Å². The van der Waals surface area contributed by atoms with Crippen LogP contribution >= 0.6 is 0 Å². The highest BCUT2D eigenvalue weighted by atomic mass is 32.2. The molecule has 2 heterocycles. The fourth-order valence-electron chi connectivity index (χ4n) is 2.00. The van der Waals surface area contributed by atoms with Gasteiger partial charge in [-0.15, -0.1) is 0 Å². The van der Waals surface area contributed by atoms with Crippen molar-refractivity contribution in [2.24, 2.45) is 0 Å². The summed E-state index contributed by atoms with van der Waals surface area (Å²) < 4.78 is 26.6. The van der Waals surface area contributed by atoms with E-state index in [1.54, 1.807) is 12.3 Å². The fourth-order valence-corrected chi connectivity index (χ4v) is 3.26. The van der Waals surface area contributed by atoms with Crippen molar-refractivity contribution in [2.75, 3.05) is 6.54 Å². The molecule has 1 aliphatic heterocycles. The Morgan fingerprint density at radius 1 is 1.50 bits per heavy atom. The third-order valence-electron chi connectivity index (χ3n) is 2.83. The molecular weight excluding hydrogens is 226 g/mol. The van der Waals surface area contributed by atoms with Gasteiger partial charge in [0.1, 0.15) is 0 Å². The molecule has 5 nitrogen and oxygen atoms in total. The van der Waals surface area contributed by atoms with Crippen LogP contribution in [0, 0.1) is 0 Å². The molecule has 0 saturated carbocycles. The molecule has 2 unspecified atom stereocenters. The predicted molar refractivity (Wildman–Crippen MR) is 61.6 cm³/mol. The van der Waals surface area contributed by atoms with Crippen LogP contribution in [0.15, 0.2) is 23.4 Å². The first-order chi connectivity index (χ1) is 7.58. The Labute approximate surface area is 95.7 Å². The minimum Gasteiger partial charge on any atom is -0.366 e. The number of hydrogen-bond acceptors (Lipinski definition) is 3. The lowest BCUT2D eigenvalue weighted by Crippen LogP contribution is -2.46. The number of H-pyrrole nitrogens is 1. The lowest BCUT2D eigenvalue weighted by molar-refractivity contribution is 0.361. The van der Waals surface area contributed by atoms with E-state index in [1.165, 1.54) is 6.20 Å². The highest BCUT2D eigenvalue weighted by molar-refractivity contribution is 7.89. The number of piperidine rings is 1. The molecule has 0 radical (unpaired) electrons. The molecule has 0 amide bonds. The van der Waals surface area contributed by atoms with E-state index < -0.39 is 10.0 Å². The summed E-state index contributed by atoms with van der Waals surface area (Å²) in [6.45, 7) is 2.93. The van der Waals surface area contributed by atoms with Crippen LogP contribution in [0.5, 0.6) is 0 Å². The van der Waals surface area contributed by atoms with E-state index in [9.17, 15) is 8.42 Å². The lowest BCUT2D eigenvalue weighted by Gasteiger charge is -2.28. The normalized spacial score (nSPS) is 26.8. The van der Waals surface area contributed by atoms with Gasteiger partial charge in [-0.2, -0.15) is 0 Å². The van der Waals surface area contributed by atoms with E-state index in [4.69, 9.17) is 0 Å². The molecule has 3 N–H and O–H groups in total. The highest BCUT2D eigenvalue weighted by Crippen LogP contribution is 2.13. The maximum atomic E-state index is 11.9. The largest absolute Gasteiger partial charge is 0.366 e. The van der Waals surface area contributed by atoms with Crippen molar-refractivity contribution >= 4 is 10.0 Å². The van der Waals surface area contributed by atoms with Crippen molar-refractivity contribution < 1.29 is 8.42 Å². The van der Waals surface area contributed by atoms with Crippen LogP contribution in [0.25, 0.3) is 0 Å². The molecule has 1 aromatic rings. The van der Waals surface area contributed by atoms with Crippen LogP contribution in [0.2, 0.25) is 0 Å². The van der Waals surface area contributed by atoms with Crippen LogP contribution in [0.1, 0.15) is 19.8 Å². The number of rotatable bonds is 3. The molecule has 1 aromatic heterocycles. The Kier molecular flexibility index (Phi) is 3.32. The van der Waals surface area contributed by atoms with Gasteiger partial charge >= 0.3 is 0 Å². The Morgan fingerprint density at radius 3 is 2.94 bits per heavy atom. The van der Waals surface area contributed by atoms with Crippen LogP contribution in [-0.4, -0.2) is 32.0 Å². The third kappa shape index (κ3) is 2.63. The molecule has 1 aliphatic rings. The number of nitrogens with one attached hydrogen (secondary N) is 3. The van der Waals surface area contributed by atoms with E-state index in [0.29, 0.717) is 10.9 Å². The van der Waals surface area contributed by atoms with Crippen LogP contribution in [-0.2, 0) is 10.0 Å². The van der Waals surface area contributed by atoms with Crippen LogP contribution < -0.4 is 10.0 Å². The van der Waals surface area contributed by atoms with Crippen molar-refractivity contribution in [3.8, 4) is 0 Å². The van der Waals surface area contributed by atoms with Crippen molar-refractivity contribution in [2.45, 2.75) is 36.7 Å². The summed E-state index contributed by atoms with van der Waals surface area (Å²) in [6, 6.07) is 1.97. The average molecular weight is 243 g/mol. The van der Waals surface area contributed by atoms with Gasteiger partial charge in [0.15, 0.2) is 0 Å². The smallest absolute Gasteiger partial charge is 0.242 e. The monoisotopic (exact) mass is 243 g/mol. The van der Waals surface area contributed by atoms with Crippen molar-refractivity contribution in [3.63, 3.8) is 0 Å². The maximum absolute atomic E-state index is 11.9. The summed E-state index contributed by atoms with van der Waals surface area (Å²) in [5.41, 5.74) is 0. The molecule has 2 atom stereocenters. The van der Waals surface area contributed by atoms with Gasteiger partial charge in [0.2, 0.25) is 10.0 Å². The quantitative estimate of drug-likeness (QED) is 0.721. The minimum absolute atomic E-state index is 0.0381. The Balaban J connectivity index is 2.04. The zero-order chi connectivity index (χ0) is 11.6. The molecule has 1 fully saturated rings. The van der Waals surface area contributed by atoms with E-state index in [-0.39, 0.29) is 6.04 Å². The summed E-state index contributed by atoms with van der Waals surface area (Å²) >= 11 is 0. The zero-order valence-corrected chi connectivity index (χ0v) is 10.0. The van der Waals surface area contributed by atoms with Gasteiger partial charge in [0.25, 0.3) is 0 Å². The van der Waals surface area contributed by atoms with Gasteiger partial charge in [-0.25, -0.2) is 13.1 Å². The Hall–Kier alpha value is -0.850. The first-order valence-electron chi connectivity index (χ1n) is 5.46. The van der Waals surface area contributed by atoms with Gasteiger partial charge in [0, 0.05) is 24.5 Å². The Morgan fingerprint density at radius 2 is 2.31 bits per heavy atom. The number of aromatic nitrogens is 1. The second-order valence-corrected chi connectivity index (χ2v) is 5.96. The molecule has 16 heavy (non-hydrogen) atoms. The summed E-state index contributed by atoms with van der Waals surface area (Å²) in [4.78, 5) is 3.05. The van der Waals surface area contributed by atoms with Gasteiger partial charge in [-0.3, -0.25) is 0 Å². The number of aromatic amines is 1. The topological polar surface area (TPSA) is 74.0 Å². The minimum atomic E-state index is -3.35. The van der Waals surface area contributed by atoms with Crippen molar-refractivity contribution in [1.29, 1.82) is 0 Å². The standard InChI is InChI=1S/C10H17N3O2S/c1-8-6-9(2-5-12-8)13-16(14,15)10-3-4-11-7-10/h3-4,7-9,11-13H,2,5-6H2,1H3. The fraction of sp³-hybridized carbons (Fsp3) is 0.600. The molecule has 0 aliphatic carbocycles. The first kappa shape index (κ1) is 11.6. The predicted octanol–water partition coefficient (Wildman–Crippen LogP) is 0.434. The molecule has 0 spiro atoms. The number of sulfonamides is 1. The van der Waals surface area contributed by atoms with Gasteiger partial charge in [-0.1, -0.05) is 0 Å². The molecule has 0 bridgehead atoms. The van der Waals surface area contributed by atoms with Crippen molar-refractivity contribution in [1.82, 2.24) is 15.0 Å². The second kappa shape index (κ2) is 4.57. The first-order valence-corrected chi connectivity index (χ1v) is 6.95. The van der Waals surface area contributed by atoms with Gasteiger partial charge < -0.3 is 10.3 Å². The second-order valence-electron chi connectivity index (χ2n) is 4.24. The maximum Gasteiger partial charge on any atom is 0.242 e. The van der Waals surface area contributed by atoms with E-state index in [1.807, 2.05) is 0 Å². The van der Waals surface area contributed by atoms with Crippen molar-refractivity contribution in [3.05, 3.63) is 18.5 Å².